The van der Waals surface area contributed by atoms with Crippen molar-refractivity contribution in [3.63, 3.8) is 0 Å². The number of hydrogen-bond donors (Lipinski definition) is 0. The molecule has 0 bridgehead atoms. The zero-order chi connectivity index (χ0) is 17.2. The maximum Gasteiger partial charge on any atom is 0.262 e. The van der Waals surface area contributed by atoms with Gasteiger partial charge < -0.3 is 9.64 Å². The molecule has 0 saturated heterocycles. The van der Waals surface area contributed by atoms with Crippen LogP contribution in [0.5, 0.6) is 5.75 Å². The average Bonchev–Trinajstić information content (AvgIpc) is 2.64. The Bertz CT molecular complexity index is 965. The molecule has 2 aromatic carbocycles. The normalized spacial score (nSPS) is 13.7. The molecule has 4 rings (SSSR count). The minimum absolute atomic E-state index is 0.0464. The van der Waals surface area contributed by atoms with Gasteiger partial charge in [0.2, 0.25) is 5.95 Å². The number of ether oxygens (including phenoxy) is 1. The van der Waals surface area contributed by atoms with Crippen LogP contribution in [0.25, 0.3) is 10.9 Å². The van der Waals surface area contributed by atoms with Crippen molar-refractivity contribution in [3.8, 4) is 5.75 Å². The van der Waals surface area contributed by atoms with Gasteiger partial charge in [-0.3, -0.25) is 9.36 Å². The topological polar surface area (TPSA) is 47.4 Å². The minimum atomic E-state index is 0.0464. The highest BCUT2D eigenvalue weighted by atomic mass is 16.5. The van der Waals surface area contributed by atoms with E-state index in [1.165, 1.54) is 0 Å². The molecule has 3 aromatic rings. The van der Waals surface area contributed by atoms with Gasteiger partial charge in [-0.15, -0.1) is 0 Å². The molecule has 1 aliphatic heterocycles. The molecule has 0 unspecified atom stereocenters. The van der Waals surface area contributed by atoms with E-state index >= 15 is 0 Å². The molecule has 5 nitrogen and oxygen atoms in total. The molecule has 0 aliphatic carbocycles. The third kappa shape index (κ3) is 2.97. The lowest BCUT2D eigenvalue weighted by Gasteiger charge is -2.30. The van der Waals surface area contributed by atoms with E-state index in [-0.39, 0.29) is 5.56 Å². The number of nitrogens with zero attached hydrogens (tertiary/aromatic N) is 3. The van der Waals surface area contributed by atoms with E-state index in [2.05, 4.69) is 4.90 Å². The Morgan fingerprint density at radius 2 is 1.88 bits per heavy atom. The van der Waals surface area contributed by atoms with Crippen LogP contribution in [-0.4, -0.2) is 29.2 Å². The van der Waals surface area contributed by atoms with Crippen LogP contribution in [0.3, 0.4) is 0 Å². The molecule has 5 heteroatoms. The first-order valence-corrected chi connectivity index (χ1v) is 8.67. The predicted octanol–water partition coefficient (Wildman–Crippen LogP) is 2.99. The second kappa shape index (κ2) is 6.59. The number of fused-ring (bicyclic) bond motifs is 2. The molecule has 0 spiro atoms. The fourth-order valence-corrected chi connectivity index (χ4v) is 3.31. The summed E-state index contributed by atoms with van der Waals surface area (Å²) in [5.74, 6) is 1.66. The number of hydrogen-bond acceptors (Lipinski definition) is 4. The molecular weight excluding hydrogens is 314 g/mol. The van der Waals surface area contributed by atoms with Crippen LogP contribution in [0.1, 0.15) is 12.0 Å². The summed E-state index contributed by atoms with van der Waals surface area (Å²) >= 11 is 0. The number of benzene rings is 2. The van der Waals surface area contributed by atoms with Gasteiger partial charge in [0.15, 0.2) is 0 Å². The molecule has 0 saturated carbocycles. The van der Waals surface area contributed by atoms with Crippen LogP contribution in [0.4, 0.5) is 5.95 Å². The van der Waals surface area contributed by atoms with Gasteiger partial charge in [0, 0.05) is 13.1 Å². The fourth-order valence-electron chi connectivity index (χ4n) is 3.31. The predicted molar refractivity (Wildman–Crippen MR) is 99.5 cm³/mol. The highest BCUT2D eigenvalue weighted by Crippen LogP contribution is 2.20. The van der Waals surface area contributed by atoms with Crippen LogP contribution >= 0.6 is 0 Å². The van der Waals surface area contributed by atoms with Crippen molar-refractivity contribution in [2.45, 2.75) is 19.9 Å². The number of anilines is 1. The second-order valence-electron chi connectivity index (χ2n) is 6.34. The van der Waals surface area contributed by atoms with Crippen molar-refractivity contribution in [2.24, 2.45) is 0 Å². The smallest absolute Gasteiger partial charge is 0.262 e. The Hall–Kier alpha value is -2.82. The summed E-state index contributed by atoms with van der Waals surface area (Å²) in [6, 6.07) is 15.5. The van der Waals surface area contributed by atoms with E-state index in [4.69, 9.17) is 9.72 Å². The zero-order valence-electron chi connectivity index (χ0n) is 14.3. The van der Waals surface area contributed by atoms with E-state index < -0.39 is 0 Å². The number of aromatic nitrogens is 2. The molecule has 1 aromatic heterocycles. The van der Waals surface area contributed by atoms with Crippen LogP contribution in [-0.2, 0) is 6.54 Å². The average molecular weight is 335 g/mol. The lowest BCUT2D eigenvalue weighted by Crippen LogP contribution is -2.40. The molecule has 0 amide bonds. The van der Waals surface area contributed by atoms with Crippen LogP contribution < -0.4 is 15.2 Å². The van der Waals surface area contributed by atoms with Gasteiger partial charge in [-0.05, 0) is 37.1 Å². The van der Waals surface area contributed by atoms with Gasteiger partial charge >= 0.3 is 0 Å². The third-order valence-electron chi connectivity index (χ3n) is 4.65. The van der Waals surface area contributed by atoms with Crippen molar-refractivity contribution >= 4 is 16.9 Å². The first-order valence-electron chi connectivity index (χ1n) is 8.67. The van der Waals surface area contributed by atoms with Crippen LogP contribution in [0.15, 0.2) is 53.3 Å². The van der Waals surface area contributed by atoms with Crippen LogP contribution in [0.2, 0.25) is 0 Å². The Labute approximate surface area is 146 Å². The molecule has 1 aliphatic rings. The van der Waals surface area contributed by atoms with Gasteiger partial charge in [-0.2, -0.15) is 0 Å². The Kier molecular flexibility index (Phi) is 4.14. The first kappa shape index (κ1) is 15.7. The molecule has 0 fully saturated rings. The molecule has 2 heterocycles. The van der Waals surface area contributed by atoms with Gasteiger partial charge in [-0.1, -0.05) is 30.3 Å². The standard InChI is InChI=1S/C20H21N3O2/c1-15-7-2-5-10-18(15)25-14-13-22-11-6-12-23-19(24)16-8-3-4-9-17(16)21-20(22)23/h2-5,7-10H,6,11-14H2,1H3. The summed E-state index contributed by atoms with van der Waals surface area (Å²) in [5.41, 5.74) is 1.93. The fraction of sp³-hybridized carbons (Fsp3) is 0.300. The second-order valence-corrected chi connectivity index (χ2v) is 6.34. The van der Waals surface area contributed by atoms with Gasteiger partial charge in [0.25, 0.3) is 5.56 Å². The Morgan fingerprint density at radius 1 is 1.08 bits per heavy atom. The third-order valence-corrected chi connectivity index (χ3v) is 4.65. The van der Waals surface area contributed by atoms with Crippen molar-refractivity contribution in [3.05, 3.63) is 64.4 Å². The van der Waals surface area contributed by atoms with Gasteiger partial charge in [0.1, 0.15) is 12.4 Å². The van der Waals surface area contributed by atoms with Crippen molar-refractivity contribution in [1.29, 1.82) is 0 Å². The highest BCUT2D eigenvalue weighted by Gasteiger charge is 2.20. The summed E-state index contributed by atoms with van der Waals surface area (Å²) in [6.07, 6.45) is 0.942. The summed E-state index contributed by atoms with van der Waals surface area (Å²) in [4.78, 5) is 19.6. The molecule has 0 atom stereocenters. The lowest BCUT2D eigenvalue weighted by atomic mass is 10.2. The lowest BCUT2D eigenvalue weighted by molar-refractivity contribution is 0.317. The van der Waals surface area contributed by atoms with Crippen molar-refractivity contribution < 1.29 is 4.74 Å². The quantitative estimate of drug-likeness (QED) is 0.735. The highest BCUT2D eigenvalue weighted by molar-refractivity contribution is 5.78. The number of rotatable bonds is 4. The van der Waals surface area contributed by atoms with Crippen molar-refractivity contribution in [1.82, 2.24) is 9.55 Å². The van der Waals surface area contributed by atoms with E-state index in [9.17, 15) is 4.79 Å². The number of aryl methyl sites for hydroxylation is 1. The molecule has 128 valence electrons. The Balaban J connectivity index is 1.57. The largest absolute Gasteiger partial charge is 0.491 e. The van der Waals surface area contributed by atoms with Crippen molar-refractivity contribution in [2.75, 3.05) is 24.6 Å². The summed E-state index contributed by atoms with van der Waals surface area (Å²) in [7, 11) is 0. The minimum Gasteiger partial charge on any atom is -0.491 e. The summed E-state index contributed by atoms with van der Waals surface area (Å²) in [5, 5.41) is 0.685. The SMILES string of the molecule is Cc1ccccc1OCCN1CCCn2c1nc1ccccc1c2=O. The van der Waals surface area contributed by atoms with E-state index in [1.807, 2.05) is 55.5 Å². The van der Waals surface area contributed by atoms with Gasteiger partial charge in [-0.25, -0.2) is 4.98 Å². The van der Waals surface area contributed by atoms with Gasteiger partial charge in [0.05, 0.1) is 17.4 Å². The Morgan fingerprint density at radius 3 is 2.76 bits per heavy atom. The maximum absolute atomic E-state index is 12.7. The summed E-state index contributed by atoms with van der Waals surface area (Å²) < 4.78 is 7.71. The molecular formula is C20H21N3O2. The monoisotopic (exact) mass is 335 g/mol. The zero-order valence-corrected chi connectivity index (χ0v) is 14.3. The molecule has 0 radical (unpaired) electrons. The number of para-hydroxylation sites is 2. The van der Waals surface area contributed by atoms with E-state index in [0.29, 0.717) is 18.5 Å². The molecule has 25 heavy (non-hydrogen) atoms. The summed E-state index contributed by atoms with van der Waals surface area (Å²) in [6.45, 7) is 4.93. The molecule has 0 N–H and O–H groups in total. The first-order chi connectivity index (χ1) is 12.2. The maximum atomic E-state index is 12.7. The van der Waals surface area contributed by atoms with E-state index in [1.54, 1.807) is 4.57 Å². The van der Waals surface area contributed by atoms with Crippen LogP contribution in [0, 0.1) is 6.92 Å². The van der Waals surface area contributed by atoms with E-state index in [0.717, 1.165) is 42.3 Å².